The van der Waals surface area contributed by atoms with Crippen LogP contribution in [0.4, 0.5) is 0 Å². The van der Waals surface area contributed by atoms with Gasteiger partial charge in [-0.1, -0.05) is 0 Å². The average Bonchev–Trinajstić information content (AvgIpc) is 3.22. The van der Waals surface area contributed by atoms with Crippen molar-refractivity contribution >= 4 is 0 Å². The summed E-state index contributed by atoms with van der Waals surface area (Å²) in [5, 5.41) is 0. The Kier molecular flexibility index (Phi) is 3.57. The molecule has 2 fully saturated rings. The predicted octanol–water partition coefficient (Wildman–Crippen LogP) is 2.50. The number of aromatic amines is 1. The molecule has 0 radical (unpaired) electrons. The zero-order chi connectivity index (χ0) is 14.1. The van der Waals surface area contributed by atoms with E-state index in [1.54, 1.807) is 0 Å². The molecule has 3 heterocycles. The molecule has 1 saturated carbocycles. The van der Waals surface area contributed by atoms with Crippen molar-refractivity contribution in [3.8, 4) is 0 Å². The summed E-state index contributed by atoms with van der Waals surface area (Å²) in [6, 6.07) is 9.05. The number of ether oxygens (including phenoxy) is 1. The molecule has 0 unspecified atom stereocenters. The zero-order valence-corrected chi connectivity index (χ0v) is 12.3. The van der Waals surface area contributed by atoms with Gasteiger partial charge in [-0.2, -0.15) is 0 Å². The van der Waals surface area contributed by atoms with Crippen LogP contribution < -0.4 is 0 Å². The molecule has 2 aliphatic rings. The molecule has 2 aromatic heterocycles. The standard InChI is InChI=1S/C17H23N3O/c1-2-9-19(8-1)12-14-5-6-16-17(14)21-11-10-20(16)13-15-4-3-7-18-15/h1-4,7-9,14,16-18H,5-6,10-13H2/t14-,16-,17+/m0/s1. The van der Waals surface area contributed by atoms with Crippen molar-refractivity contribution in [2.75, 3.05) is 13.2 Å². The van der Waals surface area contributed by atoms with E-state index in [9.17, 15) is 0 Å². The third-order valence-electron chi connectivity index (χ3n) is 4.98. The Bertz CT molecular complexity index is 549. The van der Waals surface area contributed by atoms with Gasteiger partial charge in [0, 0.05) is 55.9 Å². The lowest BCUT2D eigenvalue weighted by atomic mass is 10.0. The Morgan fingerprint density at radius 1 is 1.19 bits per heavy atom. The van der Waals surface area contributed by atoms with Crippen LogP contribution in [0.1, 0.15) is 18.5 Å². The fraction of sp³-hybridized carbons (Fsp3) is 0.529. The van der Waals surface area contributed by atoms with Gasteiger partial charge in [0.05, 0.1) is 12.7 Å². The smallest absolute Gasteiger partial charge is 0.0776 e. The monoisotopic (exact) mass is 285 g/mol. The zero-order valence-electron chi connectivity index (χ0n) is 12.3. The molecule has 1 aliphatic carbocycles. The van der Waals surface area contributed by atoms with E-state index < -0.39 is 0 Å². The second-order valence-corrected chi connectivity index (χ2v) is 6.29. The van der Waals surface area contributed by atoms with Crippen LogP contribution in [0.3, 0.4) is 0 Å². The van der Waals surface area contributed by atoms with Crippen LogP contribution >= 0.6 is 0 Å². The van der Waals surface area contributed by atoms with Gasteiger partial charge in [0.2, 0.25) is 0 Å². The molecule has 0 spiro atoms. The number of hydrogen-bond acceptors (Lipinski definition) is 2. The van der Waals surface area contributed by atoms with E-state index in [4.69, 9.17) is 4.74 Å². The minimum atomic E-state index is 0.399. The Morgan fingerprint density at radius 3 is 2.90 bits per heavy atom. The second-order valence-electron chi connectivity index (χ2n) is 6.29. The summed E-state index contributed by atoms with van der Waals surface area (Å²) >= 11 is 0. The number of H-pyrrole nitrogens is 1. The molecular weight excluding hydrogens is 262 g/mol. The maximum atomic E-state index is 6.15. The third kappa shape index (κ3) is 2.65. The van der Waals surface area contributed by atoms with E-state index in [2.05, 4.69) is 51.1 Å². The summed E-state index contributed by atoms with van der Waals surface area (Å²) < 4.78 is 8.44. The number of hydrogen-bond donors (Lipinski definition) is 1. The normalized spacial score (nSPS) is 29.6. The van der Waals surface area contributed by atoms with Gasteiger partial charge in [0.1, 0.15) is 0 Å². The first-order chi connectivity index (χ1) is 10.4. The van der Waals surface area contributed by atoms with Gasteiger partial charge >= 0.3 is 0 Å². The molecule has 1 aliphatic heterocycles. The maximum absolute atomic E-state index is 6.15. The van der Waals surface area contributed by atoms with Crippen LogP contribution in [0.2, 0.25) is 0 Å². The summed E-state index contributed by atoms with van der Waals surface area (Å²) in [5.41, 5.74) is 1.31. The highest BCUT2D eigenvalue weighted by molar-refractivity contribution is 5.05. The summed E-state index contributed by atoms with van der Waals surface area (Å²) in [6.45, 7) is 4.03. The van der Waals surface area contributed by atoms with E-state index >= 15 is 0 Å². The number of nitrogens with one attached hydrogen (secondary N) is 1. The van der Waals surface area contributed by atoms with E-state index in [-0.39, 0.29) is 0 Å². The SMILES string of the molecule is c1c[nH]c(CN2CCO[C@@H]3[C@H](Cn4cccc4)CC[C@@H]32)c1. The lowest BCUT2D eigenvalue weighted by molar-refractivity contribution is -0.0788. The molecule has 1 saturated heterocycles. The molecule has 0 bridgehead atoms. The Labute approximate surface area is 125 Å². The van der Waals surface area contributed by atoms with Crippen molar-refractivity contribution in [2.45, 2.75) is 38.1 Å². The molecule has 4 heteroatoms. The van der Waals surface area contributed by atoms with E-state index in [0.717, 1.165) is 26.2 Å². The molecule has 3 atom stereocenters. The first kappa shape index (κ1) is 13.2. The fourth-order valence-electron chi connectivity index (χ4n) is 3.98. The summed E-state index contributed by atoms with van der Waals surface area (Å²) in [4.78, 5) is 5.93. The molecule has 4 nitrogen and oxygen atoms in total. The highest BCUT2D eigenvalue weighted by atomic mass is 16.5. The first-order valence-electron chi connectivity index (χ1n) is 7.99. The highest BCUT2D eigenvalue weighted by Crippen LogP contribution is 2.36. The lowest BCUT2D eigenvalue weighted by Gasteiger charge is -2.39. The van der Waals surface area contributed by atoms with Crippen molar-refractivity contribution in [2.24, 2.45) is 5.92 Å². The van der Waals surface area contributed by atoms with E-state index in [0.29, 0.717) is 18.1 Å². The molecule has 21 heavy (non-hydrogen) atoms. The molecular formula is C17H23N3O. The van der Waals surface area contributed by atoms with Crippen molar-refractivity contribution in [1.82, 2.24) is 14.5 Å². The largest absolute Gasteiger partial charge is 0.375 e. The molecule has 112 valence electrons. The van der Waals surface area contributed by atoms with Gasteiger partial charge in [-0.3, -0.25) is 4.90 Å². The number of fused-ring (bicyclic) bond motifs is 1. The van der Waals surface area contributed by atoms with Gasteiger partial charge in [0.15, 0.2) is 0 Å². The van der Waals surface area contributed by atoms with Gasteiger partial charge in [-0.25, -0.2) is 0 Å². The Balaban J connectivity index is 1.44. The van der Waals surface area contributed by atoms with Crippen LogP contribution in [0.5, 0.6) is 0 Å². The van der Waals surface area contributed by atoms with Crippen LogP contribution in [0.25, 0.3) is 0 Å². The van der Waals surface area contributed by atoms with Crippen molar-refractivity contribution in [3.05, 3.63) is 48.5 Å². The lowest BCUT2D eigenvalue weighted by Crippen LogP contribution is -2.50. The first-order valence-corrected chi connectivity index (χ1v) is 7.99. The summed E-state index contributed by atoms with van der Waals surface area (Å²) in [5.74, 6) is 0.647. The van der Waals surface area contributed by atoms with Gasteiger partial charge in [0.25, 0.3) is 0 Å². The molecule has 0 amide bonds. The fourth-order valence-corrected chi connectivity index (χ4v) is 3.98. The minimum absolute atomic E-state index is 0.399. The second kappa shape index (κ2) is 5.70. The highest BCUT2D eigenvalue weighted by Gasteiger charge is 2.42. The number of aromatic nitrogens is 2. The average molecular weight is 285 g/mol. The van der Waals surface area contributed by atoms with Crippen molar-refractivity contribution in [1.29, 1.82) is 0 Å². The van der Waals surface area contributed by atoms with E-state index in [1.165, 1.54) is 18.5 Å². The van der Waals surface area contributed by atoms with Crippen LogP contribution in [0.15, 0.2) is 42.9 Å². The molecule has 4 rings (SSSR count). The van der Waals surface area contributed by atoms with Crippen LogP contribution in [-0.2, 0) is 17.8 Å². The number of nitrogens with zero attached hydrogens (tertiary/aromatic N) is 2. The number of morpholine rings is 1. The summed E-state index contributed by atoms with van der Waals surface area (Å²) in [7, 11) is 0. The van der Waals surface area contributed by atoms with Crippen molar-refractivity contribution in [3.63, 3.8) is 0 Å². The van der Waals surface area contributed by atoms with Crippen LogP contribution in [0, 0.1) is 5.92 Å². The van der Waals surface area contributed by atoms with Gasteiger partial charge in [-0.05, 0) is 37.1 Å². The topological polar surface area (TPSA) is 33.2 Å². The van der Waals surface area contributed by atoms with Gasteiger partial charge < -0.3 is 14.3 Å². The molecule has 2 aromatic rings. The molecule has 1 N–H and O–H groups in total. The predicted molar refractivity (Wildman–Crippen MR) is 81.9 cm³/mol. The molecule has 0 aromatic carbocycles. The Morgan fingerprint density at radius 2 is 2.10 bits per heavy atom. The third-order valence-corrected chi connectivity index (χ3v) is 4.98. The Hall–Kier alpha value is -1.52. The minimum Gasteiger partial charge on any atom is -0.375 e. The van der Waals surface area contributed by atoms with E-state index in [1.807, 2.05) is 6.20 Å². The number of rotatable bonds is 4. The summed E-state index contributed by atoms with van der Waals surface area (Å²) in [6.07, 6.45) is 9.26. The van der Waals surface area contributed by atoms with Crippen molar-refractivity contribution < 1.29 is 4.74 Å². The van der Waals surface area contributed by atoms with Crippen LogP contribution in [-0.4, -0.2) is 39.7 Å². The maximum Gasteiger partial charge on any atom is 0.0776 e. The quantitative estimate of drug-likeness (QED) is 0.936. The van der Waals surface area contributed by atoms with Gasteiger partial charge in [-0.15, -0.1) is 0 Å².